The molecule has 3 nitrogen and oxygen atoms in total. The minimum absolute atomic E-state index is 0.145. The van der Waals surface area contributed by atoms with Crippen LogP contribution in [0.25, 0.3) is 0 Å². The highest BCUT2D eigenvalue weighted by molar-refractivity contribution is 5.58. The molecule has 132 valence electrons. The quantitative estimate of drug-likeness (QED) is 0.675. The lowest BCUT2D eigenvalue weighted by Gasteiger charge is -2.41. The zero-order chi connectivity index (χ0) is 18.3. The van der Waals surface area contributed by atoms with Crippen LogP contribution < -0.4 is 5.73 Å². The minimum Gasteiger partial charge on any atom is -0.507 e. The third-order valence-electron chi connectivity index (χ3n) is 6.30. The topological polar surface area (TPSA) is 66.5 Å². The molecule has 23 heavy (non-hydrogen) atoms. The van der Waals surface area contributed by atoms with Gasteiger partial charge in [-0.05, 0) is 68.1 Å². The lowest BCUT2D eigenvalue weighted by Crippen LogP contribution is -2.40. The third kappa shape index (κ3) is 3.50. The predicted molar refractivity (Wildman–Crippen MR) is 97.9 cm³/mol. The Bertz CT molecular complexity index is 557. The molecule has 3 heteroatoms. The van der Waals surface area contributed by atoms with E-state index in [0.717, 1.165) is 12.0 Å². The second-order valence-electron chi connectivity index (χ2n) is 8.45. The summed E-state index contributed by atoms with van der Waals surface area (Å²) in [6.07, 6.45) is 0.745. The van der Waals surface area contributed by atoms with Gasteiger partial charge in [-0.25, -0.2) is 0 Å². The lowest BCUT2D eigenvalue weighted by atomic mass is 9.66. The average Bonchev–Trinajstić information content (AvgIpc) is 2.42. The third-order valence-corrected chi connectivity index (χ3v) is 6.30. The van der Waals surface area contributed by atoms with Crippen molar-refractivity contribution in [2.24, 2.45) is 23.0 Å². The van der Waals surface area contributed by atoms with Gasteiger partial charge in [-0.15, -0.1) is 0 Å². The van der Waals surface area contributed by atoms with Crippen molar-refractivity contribution in [3.8, 4) is 11.5 Å². The number of hydrogen-bond donors (Lipinski definition) is 3. The zero-order valence-corrected chi connectivity index (χ0v) is 16.3. The zero-order valence-electron chi connectivity index (χ0n) is 16.3. The van der Waals surface area contributed by atoms with E-state index in [1.807, 2.05) is 27.7 Å². The summed E-state index contributed by atoms with van der Waals surface area (Å²) in [7, 11) is 0. The average molecular weight is 322 g/mol. The first-order valence-electron chi connectivity index (χ1n) is 8.56. The molecule has 0 saturated carbocycles. The molecule has 1 rings (SSSR count). The van der Waals surface area contributed by atoms with Crippen LogP contribution in [-0.4, -0.2) is 10.2 Å². The second kappa shape index (κ2) is 6.35. The number of aromatic hydroxyl groups is 2. The number of nitrogens with two attached hydrogens (primary N) is 1. The van der Waals surface area contributed by atoms with Gasteiger partial charge in [-0.3, -0.25) is 0 Å². The fourth-order valence-corrected chi connectivity index (χ4v) is 3.39. The molecule has 0 fully saturated rings. The van der Waals surface area contributed by atoms with Crippen molar-refractivity contribution in [1.82, 2.24) is 0 Å². The summed E-state index contributed by atoms with van der Waals surface area (Å²) in [6.45, 7) is 18.6. The Morgan fingerprint density at radius 1 is 0.870 bits per heavy atom. The predicted octanol–water partition coefficient (Wildman–Crippen LogP) is 4.91. The van der Waals surface area contributed by atoms with Crippen LogP contribution in [-0.2, 0) is 5.54 Å². The smallest absolute Gasteiger partial charge is 0.124 e. The summed E-state index contributed by atoms with van der Waals surface area (Å²) in [4.78, 5) is 0. The number of benzene rings is 1. The number of rotatable bonds is 5. The van der Waals surface area contributed by atoms with Crippen LogP contribution in [0.15, 0.2) is 0 Å². The van der Waals surface area contributed by atoms with E-state index >= 15 is 0 Å². The van der Waals surface area contributed by atoms with Crippen molar-refractivity contribution in [3.05, 3.63) is 22.3 Å². The molecule has 0 aromatic heterocycles. The number of phenols is 2. The van der Waals surface area contributed by atoms with E-state index in [9.17, 15) is 10.2 Å². The second-order valence-corrected chi connectivity index (χ2v) is 8.45. The van der Waals surface area contributed by atoms with Crippen LogP contribution in [0.4, 0.5) is 0 Å². The Hall–Kier alpha value is -1.22. The van der Waals surface area contributed by atoms with Crippen LogP contribution in [0, 0.1) is 38.0 Å². The SMILES string of the molecule is Cc1c(C)c(O)c(C(C)(N)CC(C)C(C)(C)C(C)C)c(C)c1O. The van der Waals surface area contributed by atoms with Crippen LogP contribution in [0.2, 0.25) is 0 Å². The lowest BCUT2D eigenvalue weighted by molar-refractivity contribution is 0.120. The van der Waals surface area contributed by atoms with E-state index in [4.69, 9.17) is 5.73 Å². The van der Waals surface area contributed by atoms with E-state index in [2.05, 4.69) is 34.6 Å². The molecule has 0 spiro atoms. The van der Waals surface area contributed by atoms with Gasteiger partial charge in [0.15, 0.2) is 0 Å². The molecule has 0 aliphatic carbocycles. The molecule has 1 aromatic rings. The molecule has 0 radical (unpaired) electrons. The molecule has 4 N–H and O–H groups in total. The maximum absolute atomic E-state index is 10.7. The highest BCUT2D eigenvalue weighted by atomic mass is 16.3. The molecule has 2 atom stereocenters. The monoisotopic (exact) mass is 321 g/mol. The van der Waals surface area contributed by atoms with Crippen LogP contribution >= 0.6 is 0 Å². The summed E-state index contributed by atoms with van der Waals surface area (Å²) in [6, 6.07) is 0. The Morgan fingerprint density at radius 3 is 1.74 bits per heavy atom. The van der Waals surface area contributed by atoms with Crippen molar-refractivity contribution in [1.29, 1.82) is 0 Å². The Labute approximate surface area is 141 Å². The van der Waals surface area contributed by atoms with Gasteiger partial charge in [0.25, 0.3) is 0 Å². The van der Waals surface area contributed by atoms with Gasteiger partial charge in [0.1, 0.15) is 11.5 Å². The van der Waals surface area contributed by atoms with Crippen LogP contribution in [0.5, 0.6) is 11.5 Å². The molecular weight excluding hydrogens is 286 g/mol. The molecule has 0 amide bonds. The molecule has 1 aromatic carbocycles. The fraction of sp³-hybridized carbons (Fsp3) is 0.700. The summed E-state index contributed by atoms with van der Waals surface area (Å²) in [5.74, 6) is 1.37. The van der Waals surface area contributed by atoms with Crippen LogP contribution in [0.3, 0.4) is 0 Å². The number of phenolic OH excluding ortho intramolecular Hbond substituents is 2. The van der Waals surface area contributed by atoms with Crippen molar-refractivity contribution < 1.29 is 10.2 Å². The molecular formula is C20H35NO2. The molecule has 0 saturated heterocycles. The highest BCUT2D eigenvalue weighted by Crippen LogP contribution is 2.46. The van der Waals surface area contributed by atoms with Crippen molar-refractivity contribution in [2.45, 2.75) is 74.3 Å². The van der Waals surface area contributed by atoms with Gasteiger partial charge in [0.2, 0.25) is 0 Å². The molecule has 0 bridgehead atoms. The minimum atomic E-state index is -0.699. The van der Waals surface area contributed by atoms with Gasteiger partial charge >= 0.3 is 0 Å². The van der Waals surface area contributed by atoms with Crippen molar-refractivity contribution in [2.75, 3.05) is 0 Å². The summed E-state index contributed by atoms with van der Waals surface area (Å²) >= 11 is 0. The van der Waals surface area contributed by atoms with Gasteiger partial charge < -0.3 is 15.9 Å². The molecule has 0 aliphatic rings. The number of hydrogen-bond acceptors (Lipinski definition) is 3. The molecule has 2 unspecified atom stereocenters. The molecule has 0 heterocycles. The Morgan fingerprint density at radius 2 is 1.30 bits per heavy atom. The normalized spacial score (nSPS) is 16.5. The molecule has 0 aliphatic heterocycles. The first-order chi connectivity index (χ1) is 10.2. The van der Waals surface area contributed by atoms with Crippen molar-refractivity contribution in [3.63, 3.8) is 0 Å². The maximum atomic E-state index is 10.7. The van der Waals surface area contributed by atoms with Gasteiger partial charge in [0.05, 0.1) is 0 Å². The largest absolute Gasteiger partial charge is 0.507 e. The summed E-state index contributed by atoms with van der Waals surface area (Å²) in [5, 5.41) is 21.0. The summed E-state index contributed by atoms with van der Waals surface area (Å²) in [5.41, 5.74) is 8.88. The van der Waals surface area contributed by atoms with E-state index < -0.39 is 5.54 Å². The standard InChI is InChI=1S/C20H35NO2/c1-11(2)19(7,8)12(3)10-20(9,21)16-15(6)17(22)13(4)14(5)18(16)23/h11-12,22-23H,10,21H2,1-9H3. The Balaban J connectivity index is 3.35. The maximum Gasteiger partial charge on any atom is 0.124 e. The first kappa shape index (κ1) is 19.8. The van der Waals surface area contributed by atoms with E-state index in [1.165, 1.54) is 0 Å². The van der Waals surface area contributed by atoms with Crippen molar-refractivity contribution >= 4 is 0 Å². The van der Waals surface area contributed by atoms with E-state index in [0.29, 0.717) is 28.5 Å². The van der Waals surface area contributed by atoms with Gasteiger partial charge in [-0.2, -0.15) is 0 Å². The Kier molecular flexibility index (Phi) is 5.47. The summed E-state index contributed by atoms with van der Waals surface area (Å²) < 4.78 is 0. The fourth-order valence-electron chi connectivity index (χ4n) is 3.39. The first-order valence-corrected chi connectivity index (χ1v) is 8.56. The van der Waals surface area contributed by atoms with E-state index in [-0.39, 0.29) is 16.9 Å². The van der Waals surface area contributed by atoms with Gasteiger partial charge in [0, 0.05) is 11.1 Å². The van der Waals surface area contributed by atoms with Gasteiger partial charge in [-0.1, -0.05) is 34.6 Å². The van der Waals surface area contributed by atoms with Crippen LogP contribution in [0.1, 0.15) is 70.2 Å². The highest BCUT2D eigenvalue weighted by Gasteiger charge is 2.37. The van der Waals surface area contributed by atoms with E-state index in [1.54, 1.807) is 0 Å².